The van der Waals surface area contributed by atoms with E-state index in [9.17, 15) is 13.6 Å². The third-order valence-electron chi connectivity index (χ3n) is 5.03. The van der Waals surface area contributed by atoms with Crippen LogP contribution in [0.2, 0.25) is 0 Å². The number of amides is 1. The van der Waals surface area contributed by atoms with Crippen LogP contribution in [-0.2, 0) is 13.0 Å². The van der Waals surface area contributed by atoms with E-state index in [1.54, 1.807) is 0 Å². The minimum Gasteiger partial charge on any atom is -0.320 e. The summed E-state index contributed by atoms with van der Waals surface area (Å²) >= 11 is 0. The number of aromatic nitrogens is 2. The van der Waals surface area contributed by atoms with Gasteiger partial charge in [0.15, 0.2) is 17.3 Å². The second kappa shape index (κ2) is 7.52. The number of fused-ring (bicyclic) bond motifs is 1. The second-order valence-corrected chi connectivity index (χ2v) is 6.73. The molecule has 1 aliphatic heterocycles. The number of carbonyl (C=O) groups excluding carboxylic acids is 1. The monoisotopic (exact) mass is 382 g/mol. The van der Waals surface area contributed by atoms with Gasteiger partial charge in [0, 0.05) is 25.0 Å². The highest BCUT2D eigenvalue weighted by molar-refractivity contribution is 6.03. The van der Waals surface area contributed by atoms with Crippen molar-refractivity contribution in [1.82, 2.24) is 14.7 Å². The van der Waals surface area contributed by atoms with Gasteiger partial charge in [-0.1, -0.05) is 25.1 Å². The van der Waals surface area contributed by atoms with Crippen LogP contribution in [-0.4, -0.2) is 33.7 Å². The van der Waals surface area contributed by atoms with Crippen LogP contribution >= 0.6 is 0 Å². The fourth-order valence-corrected chi connectivity index (χ4v) is 3.52. The molecular weight excluding hydrogens is 362 g/mol. The van der Waals surface area contributed by atoms with Gasteiger partial charge in [0.2, 0.25) is 0 Å². The number of nitrogens with one attached hydrogen (secondary N) is 1. The molecule has 0 radical (unpaired) electrons. The van der Waals surface area contributed by atoms with Crippen LogP contribution < -0.4 is 5.32 Å². The highest BCUT2D eigenvalue weighted by Gasteiger charge is 2.20. The zero-order valence-corrected chi connectivity index (χ0v) is 15.5. The van der Waals surface area contributed by atoms with Crippen molar-refractivity contribution < 1.29 is 13.6 Å². The molecule has 1 N–H and O–H groups in total. The lowest BCUT2D eigenvalue weighted by atomic mass is 9.97. The van der Waals surface area contributed by atoms with E-state index < -0.39 is 17.5 Å². The Morgan fingerprint density at radius 1 is 1.14 bits per heavy atom. The quantitative estimate of drug-likeness (QED) is 0.747. The minimum atomic E-state index is -0.743. The fourth-order valence-electron chi connectivity index (χ4n) is 3.52. The van der Waals surface area contributed by atoms with Crippen molar-refractivity contribution in [2.24, 2.45) is 0 Å². The average molecular weight is 382 g/mol. The molecule has 0 bridgehead atoms. The number of hydrogen-bond donors (Lipinski definition) is 1. The van der Waals surface area contributed by atoms with Gasteiger partial charge in [0.05, 0.1) is 0 Å². The van der Waals surface area contributed by atoms with Gasteiger partial charge in [-0.15, -0.1) is 0 Å². The number of benzene rings is 2. The predicted molar refractivity (Wildman–Crippen MR) is 103 cm³/mol. The van der Waals surface area contributed by atoms with E-state index in [0.717, 1.165) is 54.1 Å². The largest absolute Gasteiger partial charge is 0.320 e. The maximum Gasteiger partial charge on any atom is 0.276 e. The van der Waals surface area contributed by atoms with Crippen molar-refractivity contribution >= 4 is 11.6 Å². The van der Waals surface area contributed by atoms with Crippen LogP contribution in [0.4, 0.5) is 14.5 Å². The summed E-state index contributed by atoms with van der Waals surface area (Å²) in [7, 11) is 0. The van der Waals surface area contributed by atoms with E-state index in [1.807, 2.05) is 12.1 Å². The van der Waals surface area contributed by atoms with Crippen molar-refractivity contribution in [3.63, 3.8) is 0 Å². The maximum atomic E-state index is 13.9. The van der Waals surface area contributed by atoms with Crippen LogP contribution in [0.5, 0.6) is 0 Å². The van der Waals surface area contributed by atoms with Gasteiger partial charge in [-0.05, 0) is 48.4 Å². The summed E-state index contributed by atoms with van der Waals surface area (Å²) < 4.78 is 28.9. The molecule has 28 heavy (non-hydrogen) atoms. The molecular formula is C21H20F2N4O. The van der Waals surface area contributed by atoms with Gasteiger partial charge in [-0.25, -0.2) is 13.5 Å². The second-order valence-electron chi connectivity index (χ2n) is 6.73. The van der Waals surface area contributed by atoms with Gasteiger partial charge in [0.25, 0.3) is 5.91 Å². The third kappa shape index (κ3) is 3.41. The lowest BCUT2D eigenvalue weighted by Gasteiger charge is -2.29. The summed E-state index contributed by atoms with van der Waals surface area (Å²) in [4.78, 5) is 15.0. The van der Waals surface area contributed by atoms with Crippen LogP contribution in [0.3, 0.4) is 0 Å². The molecule has 0 fully saturated rings. The van der Waals surface area contributed by atoms with E-state index in [2.05, 4.69) is 28.3 Å². The SMILES string of the molecule is CCN1CCc2c(cccc2NC(=O)c2ccn(-c3c(F)cccc3F)n2)C1. The highest BCUT2D eigenvalue weighted by Crippen LogP contribution is 2.26. The van der Waals surface area contributed by atoms with Crippen molar-refractivity contribution in [3.05, 3.63) is 77.1 Å². The molecule has 0 atom stereocenters. The Labute approximate surface area is 161 Å². The molecule has 1 amide bonds. The number of likely N-dealkylation sites (N-methyl/N-ethyl adjacent to an activating group) is 1. The summed E-state index contributed by atoms with van der Waals surface area (Å²) in [6.45, 7) is 4.92. The maximum absolute atomic E-state index is 13.9. The lowest BCUT2D eigenvalue weighted by molar-refractivity contribution is 0.102. The van der Waals surface area contributed by atoms with Crippen molar-refractivity contribution in [1.29, 1.82) is 0 Å². The molecule has 7 heteroatoms. The summed E-state index contributed by atoms with van der Waals surface area (Å²) in [5.74, 6) is -1.90. The third-order valence-corrected chi connectivity index (χ3v) is 5.03. The normalized spacial score (nSPS) is 14.0. The highest BCUT2D eigenvalue weighted by atomic mass is 19.1. The van der Waals surface area contributed by atoms with Crippen molar-refractivity contribution in [3.8, 4) is 5.69 Å². The molecule has 0 unspecified atom stereocenters. The Morgan fingerprint density at radius 2 is 1.89 bits per heavy atom. The fraction of sp³-hybridized carbons (Fsp3) is 0.238. The standard InChI is InChI=1S/C21H20F2N4O/c1-2-26-11-9-15-14(13-26)5-3-8-18(15)24-21(28)19-10-12-27(25-19)20-16(22)6-4-7-17(20)23/h3-8,10,12H,2,9,11,13H2,1H3,(H,24,28). The van der Waals surface area contributed by atoms with E-state index in [-0.39, 0.29) is 11.4 Å². The van der Waals surface area contributed by atoms with Crippen LogP contribution in [0.15, 0.2) is 48.7 Å². The van der Waals surface area contributed by atoms with Crippen LogP contribution in [0, 0.1) is 11.6 Å². The van der Waals surface area contributed by atoms with E-state index in [1.165, 1.54) is 23.9 Å². The number of anilines is 1. The van der Waals surface area contributed by atoms with Gasteiger partial charge in [0.1, 0.15) is 5.69 Å². The Morgan fingerprint density at radius 3 is 2.64 bits per heavy atom. The topological polar surface area (TPSA) is 50.2 Å². The summed E-state index contributed by atoms with van der Waals surface area (Å²) in [5.41, 5.74) is 2.86. The number of hydrogen-bond acceptors (Lipinski definition) is 3. The smallest absolute Gasteiger partial charge is 0.276 e. The molecule has 5 nitrogen and oxygen atoms in total. The molecule has 0 aliphatic carbocycles. The lowest BCUT2D eigenvalue weighted by Crippen LogP contribution is -2.31. The number of rotatable bonds is 4. The first-order valence-corrected chi connectivity index (χ1v) is 9.21. The molecule has 2 aromatic carbocycles. The zero-order chi connectivity index (χ0) is 19.7. The first-order valence-electron chi connectivity index (χ1n) is 9.21. The molecule has 3 aromatic rings. The molecule has 1 aromatic heterocycles. The van der Waals surface area contributed by atoms with Crippen LogP contribution in [0.25, 0.3) is 5.69 Å². The number of para-hydroxylation sites is 1. The van der Waals surface area contributed by atoms with Gasteiger partial charge in [-0.3, -0.25) is 9.69 Å². The Kier molecular flexibility index (Phi) is 4.92. The predicted octanol–water partition coefficient (Wildman–Crippen LogP) is 3.78. The van der Waals surface area contributed by atoms with Crippen molar-refractivity contribution in [2.75, 3.05) is 18.4 Å². The van der Waals surface area contributed by atoms with Crippen molar-refractivity contribution in [2.45, 2.75) is 19.9 Å². The summed E-state index contributed by atoms with van der Waals surface area (Å²) in [6, 6.07) is 10.9. The minimum absolute atomic E-state index is 0.0891. The molecule has 144 valence electrons. The Bertz CT molecular complexity index is 1010. The van der Waals surface area contributed by atoms with E-state index in [0.29, 0.717) is 0 Å². The van der Waals surface area contributed by atoms with Gasteiger partial charge < -0.3 is 5.32 Å². The van der Waals surface area contributed by atoms with E-state index in [4.69, 9.17) is 0 Å². The van der Waals surface area contributed by atoms with Gasteiger partial charge >= 0.3 is 0 Å². The average Bonchev–Trinajstić information content (AvgIpc) is 3.17. The summed E-state index contributed by atoms with van der Waals surface area (Å²) in [6.07, 6.45) is 2.23. The van der Waals surface area contributed by atoms with E-state index >= 15 is 0 Å². The number of carbonyl (C=O) groups is 1. The van der Waals surface area contributed by atoms with Gasteiger partial charge in [-0.2, -0.15) is 5.10 Å². The molecule has 0 saturated carbocycles. The summed E-state index contributed by atoms with van der Waals surface area (Å²) in [5, 5.41) is 6.94. The Hall–Kier alpha value is -3.06. The molecule has 0 saturated heterocycles. The number of nitrogens with zero attached hydrogens (tertiary/aromatic N) is 3. The van der Waals surface area contributed by atoms with Crippen LogP contribution in [0.1, 0.15) is 28.5 Å². The Balaban J connectivity index is 1.57. The first kappa shape index (κ1) is 18.3. The zero-order valence-electron chi connectivity index (χ0n) is 15.5. The molecule has 2 heterocycles. The molecule has 4 rings (SSSR count). The molecule has 1 aliphatic rings. The first-order chi connectivity index (χ1) is 13.6. The number of halogens is 2. The molecule has 0 spiro atoms.